The molecule has 0 radical (unpaired) electrons. The van der Waals surface area contributed by atoms with E-state index in [1.54, 1.807) is 16.7 Å². The lowest BCUT2D eigenvalue weighted by atomic mass is 10.1. The van der Waals surface area contributed by atoms with Crippen molar-refractivity contribution in [2.75, 3.05) is 6.54 Å². The Morgan fingerprint density at radius 2 is 1.82 bits per heavy atom. The lowest BCUT2D eigenvalue weighted by Gasteiger charge is -2.07. The van der Waals surface area contributed by atoms with Crippen LogP contribution in [-0.4, -0.2) is 28.0 Å². The van der Waals surface area contributed by atoms with Crippen LogP contribution in [0.25, 0.3) is 17.0 Å². The van der Waals surface area contributed by atoms with Crippen LogP contribution in [0.1, 0.15) is 11.3 Å². The lowest BCUT2D eigenvalue weighted by Crippen LogP contribution is -2.26. The van der Waals surface area contributed by atoms with E-state index in [0.717, 1.165) is 17.5 Å². The summed E-state index contributed by atoms with van der Waals surface area (Å²) in [5.74, 6) is -0.644. The van der Waals surface area contributed by atoms with E-state index >= 15 is 0 Å². The third-order valence-electron chi connectivity index (χ3n) is 5.00. The number of hydrogen-bond acceptors (Lipinski definition) is 5. The highest BCUT2D eigenvalue weighted by atomic mass is 16.3. The molecule has 0 atom stereocenters. The standard InChI is InChI=1S/C25H22N4O4/c30-22(13-12-19-9-6-16-33-19)26-17-23(31)27-28-24-20-10-4-5-11-21(20)29(25(24)32)15-14-18-7-2-1-3-8-18/h1-13,16,32H,14-15,17H2,(H,26,30)/b13-12-,28-27?. The summed E-state index contributed by atoms with van der Waals surface area (Å²) in [5.41, 5.74) is 2.16. The molecule has 0 spiro atoms. The van der Waals surface area contributed by atoms with Crippen molar-refractivity contribution in [1.82, 2.24) is 9.88 Å². The molecule has 0 fully saturated rings. The average Bonchev–Trinajstić information content (AvgIpc) is 3.45. The van der Waals surface area contributed by atoms with Gasteiger partial charge < -0.3 is 19.4 Å². The van der Waals surface area contributed by atoms with E-state index < -0.39 is 11.8 Å². The van der Waals surface area contributed by atoms with Crippen molar-refractivity contribution in [3.05, 3.63) is 90.4 Å². The molecule has 0 unspecified atom stereocenters. The van der Waals surface area contributed by atoms with Crippen molar-refractivity contribution in [2.24, 2.45) is 10.2 Å². The van der Waals surface area contributed by atoms with Gasteiger partial charge in [0, 0.05) is 18.0 Å². The number of benzene rings is 2. The Hall–Kier alpha value is -4.46. The van der Waals surface area contributed by atoms with Crippen molar-refractivity contribution in [3.8, 4) is 5.88 Å². The molecule has 4 rings (SSSR count). The summed E-state index contributed by atoms with van der Waals surface area (Å²) < 4.78 is 6.85. The molecule has 0 bridgehead atoms. The fraction of sp³-hybridized carbons (Fsp3) is 0.120. The van der Waals surface area contributed by atoms with Crippen LogP contribution in [0.5, 0.6) is 5.88 Å². The molecule has 0 aliphatic rings. The predicted octanol–water partition coefficient (Wildman–Crippen LogP) is 4.62. The molecule has 2 N–H and O–H groups in total. The number of aromatic nitrogens is 1. The molecule has 8 nitrogen and oxygen atoms in total. The molecular formula is C25H22N4O4. The molecule has 0 aliphatic heterocycles. The Morgan fingerprint density at radius 3 is 2.61 bits per heavy atom. The second-order valence-corrected chi connectivity index (χ2v) is 7.24. The van der Waals surface area contributed by atoms with Crippen LogP contribution in [-0.2, 0) is 22.6 Å². The van der Waals surface area contributed by atoms with Gasteiger partial charge in [-0.3, -0.25) is 9.59 Å². The maximum Gasteiger partial charge on any atom is 0.283 e. The molecule has 4 aromatic rings. The van der Waals surface area contributed by atoms with E-state index in [-0.39, 0.29) is 18.1 Å². The van der Waals surface area contributed by atoms with Gasteiger partial charge in [0.2, 0.25) is 11.8 Å². The SMILES string of the molecule is O=C(CNC(=O)/C=C\c1ccco1)N=Nc1c(O)n(CCc2ccccc2)c2ccccc12. The number of aromatic hydroxyl groups is 1. The molecule has 0 aliphatic carbocycles. The highest BCUT2D eigenvalue weighted by Gasteiger charge is 2.16. The van der Waals surface area contributed by atoms with Gasteiger partial charge in [0.05, 0.1) is 11.8 Å². The molecule has 0 saturated carbocycles. The number of aryl methyl sites for hydroxylation is 2. The van der Waals surface area contributed by atoms with Crippen molar-refractivity contribution < 1.29 is 19.1 Å². The van der Waals surface area contributed by atoms with Gasteiger partial charge in [-0.25, -0.2) is 0 Å². The number of nitrogens with zero attached hydrogens (tertiary/aromatic N) is 3. The van der Waals surface area contributed by atoms with Gasteiger partial charge in [-0.2, -0.15) is 0 Å². The fourth-order valence-electron chi connectivity index (χ4n) is 3.39. The van der Waals surface area contributed by atoms with E-state index in [1.165, 1.54) is 18.4 Å². The molecule has 166 valence electrons. The van der Waals surface area contributed by atoms with Crippen LogP contribution in [0.4, 0.5) is 5.69 Å². The van der Waals surface area contributed by atoms with Crippen molar-refractivity contribution in [2.45, 2.75) is 13.0 Å². The topological polar surface area (TPSA) is 109 Å². The number of amides is 2. The maximum atomic E-state index is 12.1. The van der Waals surface area contributed by atoms with Crippen molar-refractivity contribution >= 4 is 34.5 Å². The summed E-state index contributed by atoms with van der Waals surface area (Å²) in [6.45, 7) is 0.218. The summed E-state index contributed by atoms with van der Waals surface area (Å²) in [7, 11) is 0. The molecule has 2 aromatic heterocycles. The first-order valence-corrected chi connectivity index (χ1v) is 10.4. The van der Waals surface area contributed by atoms with Crippen LogP contribution in [0.2, 0.25) is 0 Å². The van der Waals surface area contributed by atoms with Gasteiger partial charge in [-0.15, -0.1) is 10.2 Å². The Morgan fingerprint density at radius 1 is 1.03 bits per heavy atom. The zero-order valence-electron chi connectivity index (χ0n) is 17.7. The number of carbonyl (C=O) groups excluding carboxylic acids is 2. The first-order valence-electron chi connectivity index (χ1n) is 10.4. The van der Waals surface area contributed by atoms with Gasteiger partial charge in [-0.1, -0.05) is 48.5 Å². The highest BCUT2D eigenvalue weighted by Crippen LogP contribution is 2.38. The number of hydrogen-bond donors (Lipinski definition) is 2. The third kappa shape index (κ3) is 5.43. The highest BCUT2D eigenvalue weighted by molar-refractivity contribution is 5.96. The largest absolute Gasteiger partial charge is 0.493 e. The Bertz CT molecular complexity index is 1310. The summed E-state index contributed by atoms with van der Waals surface area (Å²) in [4.78, 5) is 23.9. The van der Waals surface area contributed by atoms with Gasteiger partial charge in [0.25, 0.3) is 5.91 Å². The number of furan rings is 1. The van der Waals surface area contributed by atoms with Crippen LogP contribution in [0, 0.1) is 0 Å². The van der Waals surface area contributed by atoms with Gasteiger partial charge >= 0.3 is 0 Å². The smallest absolute Gasteiger partial charge is 0.283 e. The lowest BCUT2D eigenvalue weighted by molar-refractivity contribution is -0.122. The van der Waals surface area contributed by atoms with E-state index in [2.05, 4.69) is 15.5 Å². The first kappa shape index (κ1) is 21.8. The third-order valence-corrected chi connectivity index (χ3v) is 5.00. The second kappa shape index (κ2) is 10.2. The minimum atomic E-state index is -0.643. The number of para-hydroxylation sites is 1. The molecule has 2 aromatic carbocycles. The monoisotopic (exact) mass is 442 g/mol. The summed E-state index contributed by atoms with van der Waals surface area (Å²) >= 11 is 0. The Balaban J connectivity index is 1.43. The van der Waals surface area contributed by atoms with Gasteiger partial charge in [0.15, 0.2) is 5.69 Å². The molecule has 2 heterocycles. The molecule has 33 heavy (non-hydrogen) atoms. The number of fused-ring (bicyclic) bond motifs is 1. The first-order chi connectivity index (χ1) is 16.1. The van der Waals surface area contributed by atoms with E-state index in [4.69, 9.17) is 4.42 Å². The number of carbonyl (C=O) groups is 2. The van der Waals surface area contributed by atoms with Crippen LogP contribution >= 0.6 is 0 Å². The number of rotatable bonds is 8. The summed E-state index contributed by atoms with van der Waals surface area (Å²) in [6.07, 6.45) is 4.97. The minimum Gasteiger partial charge on any atom is -0.493 e. The Labute approximate surface area is 189 Å². The second-order valence-electron chi connectivity index (χ2n) is 7.24. The van der Waals surface area contributed by atoms with Crippen molar-refractivity contribution in [3.63, 3.8) is 0 Å². The fourth-order valence-corrected chi connectivity index (χ4v) is 3.39. The zero-order chi connectivity index (χ0) is 23.0. The predicted molar refractivity (Wildman–Crippen MR) is 124 cm³/mol. The van der Waals surface area contributed by atoms with Gasteiger partial charge in [-0.05, 0) is 36.3 Å². The summed E-state index contributed by atoms with van der Waals surface area (Å²) in [5, 5.41) is 21.6. The minimum absolute atomic E-state index is 0.0610. The molecule has 0 saturated heterocycles. The summed E-state index contributed by atoms with van der Waals surface area (Å²) in [6, 6.07) is 20.8. The average molecular weight is 442 g/mol. The molecular weight excluding hydrogens is 420 g/mol. The molecule has 8 heteroatoms. The van der Waals surface area contributed by atoms with Gasteiger partial charge in [0.1, 0.15) is 12.3 Å². The van der Waals surface area contributed by atoms with Crippen molar-refractivity contribution in [1.29, 1.82) is 0 Å². The normalized spacial score (nSPS) is 11.5. The number of nitrogens with one attached hydrogen (secondary N) is 1. The molecule has 2 amide bonds. The van der Waals surface area contributed by atoms with Crippen LogP contribution in [0.3, 0.4) is 0 Å². The number of azo groups is 1. The zero-order valence-corrected chi connectivity index (χ0v) is 17.7. The maximum absolute atomic E-state index is 12.1. The van der Waals surface area contributed by atoms with E-state index in [1.807, 2.05) is 54.6 Å². The van der Waals surface area contributed by atoms with Crippen LogP contribution in [0.15, 0.2) is 93.7 Å². The quantitative estimate of drug-likeness (QED) is 0.306. The van der Waals surface area contributed by atoms with E-state index in [9.17, 15) is 14.7 Å². The Kier molecular flexibility index (Phi) is 6.75. The van der Waals surface area contributed by atoms with E-state index in [0.29, 0.717) is 17.7 Å². The van der Waals surface area contributed by atoms with Crippen LogP contribution < -0.4 is 5.32 Å².